The van der Waals surface area contributed by atoms with E-state index in [0.29, 0.717) is 0 Å². The summed E-state index contributed by atoms with van der Waals surface area (Å²) in [5.74, 6) is 0. The average molecular weight is 755 g/mol. The highest BCUT2D eigenvalue weighted by Gasteiger charge is 2.21. The van der Waals surface area contributed by atoms with Crippen LogP contribution in [0.5, 0.6) is 0 Å². The molecule has 0 aliphatic heterocycles. The molecule has 59 heavy (non-hydrogen) atoms. The quantitative estimate of drug-likeness (QED) is 0.154. The van der Waals surface area contributed by atoms with E-state index in [1.54, 1.807) is 0 Å². The van der Waals surface area contributed by atoms with Crippen LogP contribution in [-0.4, -0.2) is 0 Å². The summed E-state index contributed by atoms with van der Waals surface area (Å²) in [5, 5.41) is 6.89. The maximum Gasteiger partial charge on any atom is 0.136 e. The van der Waals surface area contributed by atoms with E-state index in [-0.39, 0.29) is 0 Å². The number of benzene rings is 10. The van der Waals surface area contributed by atoms with Gasteiger partial charge in [0.2, 0.25) is 0 Å². The molecule has 0 saturated heterocycles. The Bertz CT molecular complexity index is 3050. The second-order valence-electron chi connectivity index (χ2n) is 14.9. The Morgan fingerprint density at radius 3 is 1.08 bits per heavy atom. The van der Waals surface area contributed by atoms with E-state index in [1.165, 1.54) is 22.3 Å². The molecule has 11 rings (SSSR count). The van der Waals surface area contributed by atoms with Gasteiger partial charge in [0.15, 0.2) is 0 Å². The number of fused-ring (bicyclic) bond motifs is 7. The summed E-state index contributed by atoms with van der Waals surface area (Å²) in [7, 11) is 0. The van der Waals surface area contributed by atoms with Crippen LogP contribution in [0.4, 0.5) is 34.1 Å². The Kier molecular flexibility index (Phi) is 8.49. The fraction of sp³-hybridized carbons (Fsp3) is 0. The zero-order chi connectivity index (χ0) is 39.1. The molecule has 0 aliphatic rings. The molecule has 278 valence electrons. The lowest BCUT2D eigenvalue weighted by Gasteiger charge is -2.28. The monoisotopic (exact) mass is 754 g/mol. The second-order valence-corrected chi connectivity index (χ2v) is 14.9. The van der Waals surface area contributed by atoms with Crippen LogP contribution in [0, 0.1) is 0 Å². The van der Waals surface area contributed by atoms with Gasteiger partial charge in [-0.05, 0) is 105 Å². The van der Waals surface area contributed by atoms with Crippen molar-refractivity contribution >= 4 is 77.6 Å². The number of anilines is 6. The summed E-state index contributed by atoms with van der Waals surface area (Å²) in [6, 6.07) is 82.2. The van der Waals surface area contributed by atoms with E-state index in [2.05, 4.69) is 240 Å². The van der Waals surface area contributed by atoms with Gasteiger partial charge in [-0.15, -0.1) is 0 Å². The van der Waals surface area contributed by atoms with Gasteiger partial charge >= 0.3 is 0 Å². The van der Waals surface area contributed by atoms with Gasteiger partial charge < -0.3 is 14.2 Å². The zero-order valence-electron chi connectivity index (χ0n) is 32.2. The third kappa shape index (κ3) is 6.08. The highest BCUT2D eigenvalue weighted by atomic mass is 16.3. The zero-order valence-corrected chi connectivity index (χ0v) is 32.2. The third-order valence-corrected chi connectivity index (χ3v) is 11.4. The Hall–Kier alpha value is -7.88. The second kappa shape index (κ2) is 14.6. The van der Waals surface area contributed by atoms with Crippen molar-refractivity contribution in [3.63, 3.8) is 0 Å². The van der Waals surface area contributed by atoms with Crippen LogP contribution in [0.2, 0.25) is 0 Å². The SMILES string of the molecule is c1ccc(-c2ccccc2N(c2ccccc2)c2ccc3c(ccc4oc5ccc6cc(N(c7ccccc7)c7ccccc7-c7ccccc7)ccc6c5c43)c2)cc1. The van der Waals surface area contributed by atoms with Crippen LogP contribution in [-0.2, 0) is 0 Å². The highest BCUT2D eigenvalue weighted by Crippen LogP contribution is 2.46. The largest absolute Gasteiger partial charge is 0.456 e. The third-order valence-electron chi connectivity index (χ3n) is 11.4. The van der Waals surface area contributed by atoms with E-state index in [0.717, 1.165) is 77.6 Å². The summed E-state index contributed by atoms with van der Waals surface area (Å²) in [6.45, 7) is 0. The lowest BCUT2D eigenvalue weighted by atomic mass is 9.97. The van der Waals surface area contributed by atoms with Gasteiger partial charge in [-0.3, -0.25) is 0 Å². The molecule has 0 unspecified atom stereocenters. The van der Waals surface area contributed by atoms with Crippen molar-refractivity contribution in [2.45, 2.75) is 0 Å². The predicted molar refractivity (Wildman–Crippen MR) is 249 cm³/mol. The van der Waals surface area contributed by atoms with E-state index in [1.807, 2.05) is 0 Å². The molecule has 0 N–H and O–H groups in total. The van der Waals surface area contributed by atoms with Crippen molar-refractivity contribution < 1.29 is 4.42 Å². The first kappa shape index (κ1) is 34.4. The van der Waals surface area contributed by atoms with Crippen molar-refractivity contribution in [3.05, 3.63) is 231 Å². The predicted octanol–water partition coefficient (Wildman–Crippen LogP) is 16.2. The van der Waals surface area contributed by atoms with Gasteiger partial charge in [-0.2, -0.15) is 0 Å². The lowest BCUT2D eigenvalue weighted by Crippen LogP contribution is -2.11. The summed E-state index contributed by atoms with van der Waals surface area (Å²) >= 11 is 0. The number of hydrogen-bond acceptors (Lipinski definition) is 3. The summed E-state index contributed by atoms with van der Waals surface area (Å²) < 4.78 is 6.61. The Morgan fingerprint density at radius 2 is 0.661 bits per heavy atom. The molecule has 0 bridgehead atoms. The van der Waals surface area contributed by atoms with Crippen LogP contribution >= 0.6 is 0 Å². The molecule has 11 aromatic rings. The first-order chi connectivity index (χ1) is 29.3. The molecule has 10 aromatic carbocycles. The molecule has 0 fully saturated rings. The first-order valence-corrected chi connectivity index (χ1v) is 20.1. The van der Waals surface area contributed by atoms with Crippen molar-refractivity contribution in [1.82, 2.24) is 0 Å². The fourth-order valence-corrected chi connectivity index (χ4v) is 8.75. The Labute approximate surface area is 343 Å². The van der Waals surface area contributed by atoms with Crippen molar-refractivity contribution in [3.8, 4) is 22.3 Å². The van der Waals surface area contributed by atoms with Crippen LogP contribution < -0.4 is 9.80 Å². The molecule has 0 atom stereocenters. The molecule has 0 radical (unpaired) electrons. The molecule has 1 aromatic heterocycles. The summed E-state index contributed by atoms with van der Waals surface area (Å²) in [5.41, 5.74) is 13.1. The Balaban J connectivity index is 1.07. The van der Waals surface area contributed by atoms with Gasteiger partial charge in [0.25, 0.3) is 0 Å². The molecule has 0 saturated carbocycles. The standard InChI is InChI=1S/C56H38N2O/c1-5-17-39(18-6-1)47-25-13-15-27-51(47)57(43-21-9-3-10-22-43)45-31-33-49-41(37-45)29-35-53-55(49)56-50-34-32-46(38-42(50)30-36-54(56)59-53)58(44-23-11-4-12-24-44)52-28-16-14-26-48(52)40-19-7-2-8-20-40/h1-38H. The van der Waals surface area contributed by atoms with Crippen molar-refractivity contribution in [2.75, 3.05) is 9.80 Å². The van der Waals surface area contributed by atoms with Crippen LogP contribution in [0.25, 0.3) is 65.7 Å². The minimum Gasteiger partial charge on any atom is -0.456 e. The molecule has 0 spiro atoms. The first-order valence-electron chi connectivity index (χ1n) is 20.1. The Morgan fingerprint density at radius 1 is 0.288 bits per heavy atom. The van der Waals surface area contributed by atoms with E-state index in [9.17, 15) is 0 Å². The minimum absolute atomic E-state index is 0.883. The average Bonchev–Trinajstić information content (AvgIpc) is 3.71. The molecule has 0 aliphatic carbocycles. The van der Waals surface area contributed by atoms with Gasteiger partial charge in [0, 0.05) is 44.6 Å². The van der Waals surface area contributed by atoms with Crippen LogP contribution in [0.15, 0.2) is 235 Å². The van der Waals surface area contributed by atoms with E-state index >= 15 is 0 Å². The normalized spacial score (nSPS) is 11.4. The van der Waals surface area contributed by atoms with E-state index < -0.39 is 0 Å². The summed E-state index contributed by atoms with van der Waals surface area (Å²) in [4.78, 5) is 4.73. The number of rotatable bonds is 8. The van der Waals surface area contributed by atoms with Crippen molar-refractivity contribution in [2.24, 2.45) is 0 Å². The number of para-hydroxylation sites is 4. The maximum atomic E-state index is 6.61. The molecular weight excluding hydrogens is 717 g/mol. The van der Waals surface area contributed by atoms with Crippen LogP contribution in [0.3, 0.4) is 0 Å². The van der Waals surface area contributed by atoms with Gasteiger partial charge in [0.05, 0.1) is 11.4 Å². The molecule has 0 amide bonds. The molecule has 3 heteroatoms. The molecule has 1 heterocycles. The van der Waals surface area contributed by atoms with Gasteiger partial charge in [-0.25, -0.2) is 0 Å². The lowest BCUT2D eigenvalue weighted by molar-refractivity contribution is 0.669. The number of hydrogen-bond donors (Lipinski definition) is 0. The van der Waals surface area contributed by atoms with Gasteiger partial charge in [-0.1, -0.05) is 158 Å². The smallest absolute Gasteiger partial charge is 0.136 e. The topological polar surface area (TPSA) is 19.6 Å². The van der Waals surface area contributed by atoms with Crippen LogP contribution in [0.1, 0.15) is 0 Å². The van der Waals surface area contributed by atoms with Gasteiger partial charge in [0.1, 0.15) is 11.2 Å². The number of furan rings is 1. The maximum absolute atomic E-state index is 6.61. The summed E-state index contributed by atoms with van der Waals surface area (Å²) in [6.07, 6.45) is 0. The minimum atomic E-state index is 0.883. The van der Waals surface area contributed by atoms with Crippen molar-refractivity contribution in [1.29, 1.82) is 0 Å². The number of nitrogens with zero attached hydrogens (tertiary/aromatic N) is 2. The highest BCUT2D eigenvalue weighted by molar-refractivity contribution is 6.27. The molecular formula is C56H38N2O. The molecule has 3 nitrogen and oxygen atoms in total. The van der Waals surface area contributed by atoms with E-state index in [4.69, 9.17) is 4.42 Å². The fourth-order valence-electron chi connectivity index (χ4n) is 8.75.